The fraction of sp³-hybridized carbons (Fsp3) is 0.429. The van der Waals surface area contributed by atoms with Crippen LogP contribution in [-0.2, 0) is 6.42 Å². The van der Waals surface area contributed by atoms with Gasteiger partial charge in [0.15, 0.2) is 0 Å². The van der Waals surface area contributed by atoms with Gasteiger partial charge >= 0.3 is 0 Å². The van der Waals surface area contributed by atoms with Crippen LogP contribution >= 0.6 is 11.5 Å². The van der Waals surface area contributed by atoms with E-state index in [0.717, 1.165) is 37.4 Å². The number of nitrogens with one attached hydrogen (secondary N) is 1. The van der Waals surface area contributed by atoms with Crippen molar-refractivity contribution in [3.8, 4) is 5.75 Å². The topological polar surface area (TPSA) is 47.0 Å². The van der Waals surface area contributed by atoms with Crippen LogP contribution in [0.5, 0.6) is 5.75 Å². The zero-order valence-electron chi connectivity index (χ0n) is 10.9. The Morgan fingerprint density at radius 1 is 1.47 bits per heavy atom. The minimum Gasteiger partial charge on any atom is -0.493 e. The zero-order valence-corrected chi connectivity index (χ0v) is 11.7. The molecule has 1 aliphatic rings. The van der Waals surface area contributed by atoms with Gasteiger partial charge in [0.25, 0.3) is 0 Å². The second kappa shape index (κ2) is 5.67. The van der Waals surface area contributed by atoms with Gasteiger partial charge in [0.1, 0.15) is 5.75 Å². The third kappa shape index (κ3) is 2.62. The second-order valence-corrected chi connectivity index (χ2v) is 5.29. The van der Waals surface area contributed by atoms with Crippen molar-refractivity contribution in [1.29, 1.82) is 0 Å². The maximum atomic E-state index is 5.56. The Morgan fingerprint density at radius 3 is 3.21 bits per heavy atom. The lowest BCUT2D eigenvalue weighted by molar-refractivity contribution is 0.357. The molecule has 100 valence electrons. The van der Waals surface area contributed by atoms with Crippen LogP contribution < -0.4 is 10.1 Å². The first kappa shape index (κ1) is 12.6. The van der Waals surface area contributed by atoms with Crippen LogP contribution in [-0.4, -0.2) is 22.7 Å². The van der Waals surface area contributed by atoms with E-state index in [1.54, 1.807) is 0 Å². The highest BCUT2D eigenvalue weighted by Gasteiger charge is 2.19. The zero-order chi connectivity index (χ0) is 13.1. The van der Waals surface area contributed by atoms with Gasteiger partial charge in [0, 0.05) is 11.8 Å². The molecule has 1 aromatic heterocycles. The number of ether oxygens (including phenoxy) is 1. The molecule has 0 aliphatic carbocycles. The molecule has 2 aromatic rings. The van der Waals surface area contributed by atoms with E-state index in [9.17, 15) is 0 Å². The van der Waals surface area contributed by atoms with Gasteiger partial charge in [-0.15, -0.1) is 5.10 Å². The molecule has 4 nitrogen and oxygen atoms in total. The molecular weight excluding hydrogens is 258 g/mol. The quantitative estimate of drug-likeness (QED) is 0.911. The Bertz CT molecular complexity index is 542. The average molecular weight is 275 g/mol. The summed E-state index contributed by atoms with van der Waals surface area (Å²) in [7, 11) is 0. The third-order valence-electron chi connectivity index (χ3n) is 3.32. The highest BCUT2D eigenvalue weighted by Crippen LogP contribution is 2.30. The summed E-state index contributed by atoms with van der Waals surface area (Å²) >= 11 is 1.40. The summed E-state index contributed by atoms with van der Waals surface area (Å²) in [6.07, 6.45) is 2.10. The number of nitrogens with zero attached hydrogens (tertiary/aromatic N) is 2. The largest absolute Gasteiger partial charge is 0.493 e. The molecule has 0 spiro atoms. The maximum Gasteiger partial charge on any atom is 0.122 e. The molecule has 3 rings (SSSR count). The maximum absolute atomic E-state index is 5.56. The first-order chi connectivity index (χ1) is 9.38. The molecule has 0 fully saturated rings. The van der Waals surface area contributed by atoms with Gasteiger partial charge < -0.3 is 10.1 Å². The molecule has 19 heavy (non-hydrogen) atoms. The van der Waals surface area contributed by atoms with Crippen LogP contribution in [0.2, 0.25) is 0 Å². The molecule has 0 radical (unpaired) electrons. The predicted octanol–water partition coefficient (Wildman–Crippen LogP) is 2.56. The van der Waals surface area contributed by atoms with Crippen molar-refractivity contribution in [1.82, 2.24) is 14.9 Å². The fourth-order valence-electron chi connectivity index (χ4n) is 2.37. The Kier molecular flexibility index (Phi) is 3.75. The van der Waals surface area contributed by atoms with Crippen molar-refractivity contribution in [2.45, 2.75) is 25.8 Å². The van der Waals surface area contributed by atoms with Crippen LogP contribution in [0.1, 0.15) is 36.2 Å². The van der Waals surface area contributed by atoms with Crippen molar-refractivity contribution < 1.29 is 4.74 Å². The third-order valence-corrected chi connectivity index (χ3v) is 3.84. The lowest BCUT2D eigenvalue weighted by atomic mass is 10.0. The number of hydrogen-bond acceptors (Lipinski definition) is 5. The Balaban J connectivity index is 1.90. The van der Waals surface area contributed by atoms with Gasteiger partial charge in [0.2, 0.25) is 0 Å². The van der Waals surface area contributed by atoms with Crippen molar-refractivity contribution in [3.63, 3.8) is 0 Å². The molecule has 0 saturated carbocycles. The number of benzene rings is 1. The minimum absolute atomic E-state index is 0.129. The highest BCUT2D eigenvalue weighted by molar-refractivity contribution is 7.03. The van der Waals surface area contributed by atoms with Crippen molar-refractivity contribution in [3.05, 3.63) is 40.4 Å². The first-order valence-corrected chi connectivity index (χ1v) is 7.48. The highest BCUT2D eigenvalue weighted by atomic mass is 32.1. The molecule has 0 amide bonds. The molecule has 1 unspecified atom stereocenters. The standard InChI is InChI=1S/C14H17N3OS/c1-2-6-15-14(12-9-19-17-16-12)11-3-4-13-10(8-11)5-7-18-13/h3-4,8-9,14-15H,2,5-7H2,1H3. The van der Waals surface area contributed by atoms with Crippen LogP contribution in [0.15, 0.2) is 23.6 Å². The van der Waals surface area contributed by atoms with Gasteiger partial charge in [0.05, 0.1) is 18.3 Å². The Labute approximate surface area is 117 Å². The van der Waals surface area contributed by atoms with Crippen LogP contribution in [0.4, 0.5) is 0 Å². The second-order valence-electron chi connectivity index (χ2n) is 4.68. The first-order valence-electron chi connectivity index (χ1n) is 6.64. The minimum atomic E-state index is 0.129. The number of rotatable bonds is 5. The van der Waals surface area contributed by atoms with Crippen molar-refractivity contribution in [2.24, 2.45) is 0 Å². The van der Waals surface area contributed by atoms with Crippen LogP contribution in [0.3, 0.4) is 0 Å². The summed E-state index contributed by atoms with van der Waals surface area (Å²) in [5, 5.41) is 9.77. The molecule has 2 heterocycles. The average Bonchev–Trinajstić information content (AvgIpc) is 3.09. The molecule has 1 aliphatic heterocycles. The van der Waals surface area contributed by atoms with E-state index in [2.05, 4.69) is 40.0 Å². The molecule has 1 N–H and O–H groups in total. The molecule has 1 atom stereocenters. The van der Waals surface area contributed by atoms with E-state index in [1.807, 2.05) is 5.38 Å². The molecule has 5 heteroatoms. The normalized spacial score (nSPS) is 15.0. The molecule has 0 saturated heterocycles. The summed E-state index contributed by atoms with van der Waals surface area (Å²) in [5.41, 5.74) is 3.53. The smallest absolute Gasteiger partial charge is 0.122 e. The van der Waals surface area contributed by atoms with E-state index in [4.69, 9.17) is 4.74 Å². The lowest BCUT2D eigenvalue weighted by Gasteiger charge is -2.17. The summed E-state index contributed by atoms with van der Waals surface area (Å²) in [6.45, 7) is 3.93. The van der Waals surface area contributed by atoms with E-state index >= 15 is 0 Å². The van der Waals surface area contributed by atoms with Gasteiger partial charge in [-0.3, -0.25) is 0 Å². The van der Waals surface area contributed by atoms with E-state index in [-0.39, 0.29) is 6.04 Å². The fourth-order valence-corrected chi connectivity index (χ4v) is 2.85. The monoisotopic (exact) mass is 275 g/mol. The van der Waals surface area contributed by atoms with E-state index in [1.165, 1.54) is 22.7 Å². The summed E-state index contributed by atoms with van der Waals surface area (Å²) in [6, 6.07) is 6.55. The molecule has 1 aromatic carbocycles. The summed E-state index contributed by atoms with van der Waals surface area (Å²) < 4.78 is 9.53. The van der Waals surface area contributed by atoms with E-state index < -0.39 is 0 Å². The Morgan fingerprint density at radius 2 is 2.42 bits per heavy atom. The SMILES string of the molecule is CCCNC(c1ccc2c(c1)CCO2)c1csnn1. The molecule has 0 bridgehead atoms. The number of aromatic nitrogens is 2. The number of hydrogen-bond donors (Lipinski definition) is 1. The van der Waals surface area contributed by atoms with Gasteiger partial charge in [-0.1, -0.05) is 23.5 Å². The van der Waals surface area contributed by atoms with Gasteiger partial charge in [-0.05, 0) is 41.7 Å². The van der Waals surface area contributed by atoms with Crippen LogP contribution in [0.25, 0.3) is 0 Å². The summed E-state index contributed by atoms with van der Waals surface area (Å²) in [5.74, 6) is 1.02. The van der Waals surface area contributed by atoms with Crippen molar-refractivity contribution >= 4 is 11.5 Å². The van der Waals surface area contributed by atoms with Crippen molar-refractivity contribution in [2.75, 3.05) is 13.2 Å². The lowest BCUT2D eigenvalue weighted by Crippen LogP contribution is -2.23. The summed E-state index contributed by atoms with van der Waals surface area (Å²) in [4.78, 5) is 0. The van der Waals surface area contributed by atoms with E-state index in [0.29, 0.717) is 0 Å². The Hall–Kier alpha value is -1.46. The predicted molar refractivity (Wildman–Crippen MR) is 75.7 cm³/mol. The van der Waals surface area contributed by atoms with Gasteiger partial charge in [-0.2, -0.15) is 0 Å². The number of fused-ring (bicyclic) bond motifs is 1. The van der Waals surface area contributed by atoms with Gasteiger partial charge in [-0.25, -0.2) is 0 Å². The van der Waals surface area contributed by atoms with Crippen LogP contribution in [0, 0.1) is 0 Å². The molecular formula is C14H17N3OS.